The van der Waals surface area contributed by atoms with E-state index in [9.17, 15) is 9.59 Å². The number of nitrogens with one attached hydrogen (secondary N) is 3. The van der Waals surface area contributed by atoms with Crippen LogP contribution in [0.4, 0.5) is 5.69 Å². The number of hydrogen-bond acceptors (Lipinski definition) is 4. The first-order chi connectivity index (χ1) is 11.4. The van der Waals surface area contributed by atoms with Gasteiger partial charge in [-0.3, -0.25) is 14.7 Å². The number of hydrogen-bond donors (Lipinski definition) is 3. The molecule has 0 radical (unpaired) electrons. The lowest BCUT2D eigenvalue weighted by atomic mass is 10.2. The number of anilines is 1. The molecule has 0 aliphatic heterocycles. The molecule has 3 N–H and O–H groups in total. The van der Waals surface area contributed by atoms with Crippen LogP contribution in [0.15, 0.2) is 35.1 Å². The molecule has 0 fully saturated rings. The number of carbonyl (C=O) groups excluding carboxylic acids is 1. The maximum absolute atomic E-state index is 12.2. The molecule has 1 aromatic carbocycles. The highest BCUT2D eigenvalue weighted by Crippen LogP contribution is 2.28. The summed E-state index contributed by atoms with van der Waals surface area (Å²) in [7, 11) is 0. The summed E-state index contributed by atoms with van der Waals surface area (Å²) in [6.45, 7) is 3.53. The fourth-order valence-corrected chi connectivity index (χ4v) is 2.45. The number of rotatable bonds is 3. The zero-order valence-electron chi connectivity index (χ0n) is 13.0. The highest BCUT2D eigenvalue weighted by atomic mass is 35.5. The average molecular weight is 344 g/mol. The van der Waals surface area contributed by atoms with E-state index in [1.807, 2.05) is 0 Å². The molecule has 0 saturated heterocycles. The van der Waals surface area contributed by atoms with Crippen LogP contribution in [-0.2, 0) is 0 Å². The van der Waals surface area contributed by atoms with E-state index in [-0.39, 0.29) is 5.56 Å². The fourth-order valence-electron chi connectivity index (χ4n) is 2.19. The molecule has 0 atom stereocenters. The Bertz CT molecular complexity index is 977. The number of nitrogens with zero attached hydrogens (tertiary/aromatic N) is 2. The minimum atomic E-state index is -0.506. The number of pyridine rings is 1. The molecular formula is C16H14ClN5O2. The van der Waals surface area contributed by atoms with Crippen molar-refractivity contribution in [3.05, 3.63) is 62.8 Å². The first-order valence-corrected chi connectivity index (χ1v) is 7.52. The number of aromatic nitrogens is 4. The molecule has 0 bridgehead atoms. The van der Waals surface area contributed by atoms with Crippen molar-refractivity contribution < 1.29 is 4.79 Å². The van der Waals surface area contributed by atoms with Crippen LogP contribution in [0.5, 0.6) is 0 Å². The van der Waals surface area contributed by atoms with E-state index in [1.54, 1.807) is 38.1 Å². The molecule has 2 aromatic heterocycles. The Morgan fingerprint density at radius 1 is 1.21 bits per heavy atom. The summed E-state index contributed by atoms with van der Waals surface area (Å²) in [5.41, 5.74) is 1.40. The van der Waals surface area contributed by atoms with Gasteiger partial charge in [0, 0.05) is 16.9 Å². The molecule has 24 heavy (non-hydrogen) atoms. The van der Waals surface area contributed by atoms with Crippen molar-refractivity contribution in [2.75, 3.05) is 5.32 Å². The molecule has 0 unspecified atom stereocenters. The predicted octanol–water partition coefficient (Wildman–Crippen LogP) is 2.68. The standard InChI is InChI=1S/C16H14ClN5O2/c1-8-3-5-12(15(23)18-8)16(24)20-10-4-6-11(13(17)7-10)14-19-9(2)21-22-14/h3-7H,1-2H3,(H,18,23)(H,20,24)(H,19,21,22). The highest BCUT2D eigenvalue weighted by molar-refractivity contribution is 6.33. The number of carbonyl (C=O) groups is 1. The smallest absolute Gasteiger partial charge is 0.261 e. The molecule has 8 heteroatoms. The van der Waals surface area contributed by atoms with Crippen LogP contribution in [0.3, 0.4) is 0 Å². The third-order valence-electron chi connectivity index (χ3n) is 3.37. The van der Waals surface area contributed by atoms with Crippen LogP contribution in [0.25, 0.3) is 11.4 Å². The van der Waals surface area contributed by atoms with Crippen molar-refractivity contribution in [1.29, 1.82) is 0 Å². The quantitative estimate of drug-likeness (QED) is 0.680. The Morgan fingerprint density at radius 3 is 2.62 bits per heavy atom. The molecule has 2 heterocycles. The molecule has 0 aliphatic rings. The second-order valence-corrected chi connectivity index (χ2v) is 5.68. The van der Waals surface area contributed by atoms with Gasteiger partial charge in [0.15, 0.2) is 5.82 Å². The van der Waals surface area contributed by atoms with E-state index in [0.29, 0.717) is 33.6 Å². The van der Waals surface area contributed by atoms with Crippen LogP contribution in [0, 0.1) is 13.8 Å². The van der Waals surface area contributed by atoms with Crippen LogP contribution in [0.2, 0.25) is 5.02 Å². The van der Waals surface area contributed by atoms with Gasteiger partial charge in [-0.25, -0.2) is 4.98 Å². The van der Waals surface area contributed by atoms with Crippen LogP contribution >= 0.6 is 11.6 Å². The number of aromatic amines is 2. The highest BCUT2D eigenvalue weighted by Gasteiger charge is 2.13. The van der Waals surface area contributed by atoms with Gasteiger partial charge < -0.3 is 10.3 Å². The van der Waals surface area contributed by atoms with Gasteiger partial charge in [-0.15, -0.1) is 0 Å². The summed E-state index contributed by atoms with van der Waals surface area (Å²) in [4.78, 5) is 30.8. The van der Waals surface area contributed by atoms with E-state index in [1.165, 1.54) is 6.07 Å². The molecule has 3 aromatic rings. The topological polar surface area (TPSA) is 104 Å². The van der Waals surface area contributed by atoms with Gasteiger partial charge in [0.1, 0.15) is 11.4 Å². The second-order valence-electron chi connectivity index (χ2n) is 5.28. The van der Waals surface area contributed by atoms with E-state index < -0.39 is 11.5 Å². The lowest BCUT2D eigenvalue weighted by molar-refractivity contribution is 0.102. The van der Waals surface area contributed by atoms with Gasteiger partial charge in [0.2, 0.25) is 0 Å². The Hall–Kier alpha value is -2.93. The molecule has 122 valence electrons. The Labute approximate surface area is 142 Å². The van der Waals surface area contributed by atoms with Crippen LogP contribution < -0.4 is 10.9 Å². The Kier molecular flexibility index (Phi) is 4.18. The second kappa shape index (κ2) is 6.29. The lowest BCUT2D eigenvalue weighted by Gasteiger charge is -2.07. The van der Waals surface area contributed by atoms with Gasteiger partial charge in [-0.2, -0.15) is 5.10 Å². The van der Waals surface area contributed by atoms with Crippen LogP contribution in [-0.4, -0.2) is 26.1 Å². The normalized spacial score (nSPS) is 10.6. The Morgan fingerprint density at radius 2 is 2.00 bits per heavy atom. The molecule has 1 amide bonds. The minimum absolute atomic E-state index is 0.0328. The summed E-state index contributed by atoms with van der Waals surface area (Å²) >= 11 is 6.24. The average Bonchev–Trinajstić information content (AvgIpc) is 2.93. The van der Waals surface area contributed by atoms with Gasteiger partial charge in [-0.05, 0) is 44.2 Å². The minimum Gasteiger partial charge on any atom is -0.326 e. The molecule has 0 saturated carbocycles. The van der Waals surface area contributed by atoms with Crippen molar-refractivity contribution in [3.8, 4) is 11.4 Å². The lowest BCUT2D eigenvalue weighted by Crippen LogP contribution is -2.23. The molecule has 7 nitrogen and oxygen atoms in total. The number of H-pyrrole nitrogens is 2. The van der Waals surface area contributed by atoms with E-state index in [2.05, 4.69) is 25.5 Å². The molecule has 3 rings (SSSR count). The van der Waals surface area contributed by atoms with E-state index in [4.69, 9.17) is 11.6 Å². The van der Waals surface area contributed by atoms with E-state index >= 15 is 0 Å². The van der Waals surface area contributed by atoms with Crippen molar-refractivity contribution >= 4 is 23.2 Å². The number of halogens is 1. The summed E-state index contributed by atoms with van der Waals surface area (Å²) in [5, 5.41) is 9.84. The Balaban J connectivity index is 1.84. The summed E-state index contributed by atoms with van der Waals surface area (Å²) in [5.74, 6) is 0.649. The zero-order chi connectivity index (χ0) is 17.3. The summed E-state index contributed by atoms with van der Waals surface area (Å²) in [6, 6.07) is 8.11. The van der Waals surface area contributed by atoms with Crippen molar-refractivity contribution in [1.82, 2.24) is 20.2 Å². The summed E-state index contributed by atoms with van der Waals surface area (Å²) < 4.78 is 0. The monoisotopic (exact) mass is 343 g/mol. The largest absolute Gasteiger partial charge is 0.326 e. The SMILES string of the molecule is Cc1ccc(C(=O)Nc2ccc(-c3n[nH]c(C)n3)c(Cl)c2)c(=O)[nH]1. The molecule has 0 aliphatic carbocycles. The first-order valence-electron chi connectivity index (χ1n) is 7.14. The maximum Gasteiger partial charge on any atom is 0.261 e. The predicted molar refractivity (Wildman–Crippen MR) is 91.3 cm³/mol. The molecule has 0 spiro atoms. The third-order valence-corrected chi connectivity index (χ3v) is 3.68. The van der Waals surface area contributed by atoms with Crippen molar-refractivity contribution in [2.24, 2.45) is 0 Å². The van der Waals surface area contributed by atoms with Crippen molar-refractivity contribution in [3.63, 3.8) is 0 Å². The van der Waals surface area contributed by atoms with Gasteiger partial charge in [-0.1, -0.05) is 11.6 Å². The summed E-state index contributed by atoms with van der Waals surface area (Å²) in [6.07, 6.45) is 0. The van der Waals surface area contributed by atoms with Gasteiger partial charge >= 0.3 is 0 Å². The van der Waals surface area contributed by atoms with E-state index in [0.717, 1.165) is 0 Å². The molecular weight excluding hydrogens is 330 g/mol. The zero-order valence-corrected chi connectivity index (χ0v) is 13.7. The van der Waals surface area contributed by atoms with Crippen molar-refractivity contribution in [2.45, 2.75) is 13.8 Å². The third kappa shape index (κ3) is 3.21. The van der Waals surface area contributed by atoms with Gasteiger partial charge in [0.25, 0.3) is 11.5 Å². The number of aryl methyl sites for hydroxylation is 2. The first kappa shape index (κ1) is 15.9. The maximum atomic E-state index is 12.2. The fraction of sp³-hybridized carbons (Fsp3) is 0.125. The van der Waals surface area contributed by atoms with Gasteiger partial charge in [0.05, 0.1) is 5.02 Å². The van der Waals surface area contributed by atoms with Crippen LogP contribution in [0.1, 0.15) is 21.9 Å². The number of amides is 1. The number of benzene rings is 1.